The molecule has 0 radical (unpaired) electrons. The van der Waals surface area contributed by atoms with E-state index < -0.39 is 11.9 Å². The lowest BCUT2D eigenvalue weighted by atomic mass is 10.1. The first-order valence-electron chi connectivity index (χ1n) is 9.50. The molecule has 0 aromatic heterocycles. The van der Waals surface area contributed by atoms with Crippen LogP contribution in [0.3, 0.4) is 0 Å². The van der Waals surface area contributed by atoms with Crippen molar-refractivity contribution in [2.24, 2.45) is 0 Å². The molecule has 3 rings (SSSR count). The smallest absolute Gasteiger partial charge is 0.308 e. The maximum Gasteiger partial charge on any atom is 0.308 e. The molecule has 2 aromatic rings. The molecular weight excluding hydrogens is 388 g/mol. The average Bonchev–Trinajstić information content (AvgIpc) is 2.73. The fourth-order valence-electron chi connectivity index (χ4n) is 3.23. The molecule has 2 aromatic carbocycles. The first-order chi connectivity index (χ1) is 14.4. The Labute approximate surface area is 174 Å². The van der Waals surface area contributed by atoms with Gasteiger partial charge in [0.1, 0.15) is 11.5 Å². The van der Waals surface area contributed by atoms with E-state index in [9.17, 15) is 19.2 Å². The Balaban J connectivity index is 1.68. The zero-order valence-corrected chi connectivity index (χ0v) is 16.8. The molecule has 1 saturated heterocycles. The average molecular weight is 410 g/mol. The summed E-state index contributed by atoms with van der Waals surface area (Å²) in [5.41, 5.74) is 0.598. The molecule has 1 fully saturated rings. The molecule has 0 bridgehead atoms. The highest BCUT2D eigenvalue weighted by molar-refractivity contribution is 5.99. The van der Waals surface area contributed by atoms with Gasteiger partial charge in [0, 0.05) is 40.0 Å². The Kier molecular flexibility index (Phi) is 6.46. The number of rotatable bonds is 4. The fourth-order valence-corrected chi connectivity index (χ4v) is 3.23. The Bertz CT molecular complexity index is 900. The van der Waals surface area contributed by atoms with E-state index in [0.29, 0.717) is 37.3 Å². The van der Waals surface area contributed by atoms with E-state index in [1.54, 1.807) is 58.3 Å². The highest BCUT2D eigenvalue weighted by Gasteiger charge is 2.28. The number of hydrogen-bond donors (Lipinski definition) is 0. The van der Waals surface area contributed by atoms with Crippen LogP contribution in [-0.2, 0) is 9.59 Å². The van der Waals surface area contributed by atoms with Crippen LogP contribution in [0.2, 0.25) is 0 Å². The lowest BCUT2D eigenvalue weighted by molar-refractivity contribution is -0.132. The number of ether oxygens (including phenoxy) is 2. The Morgan fingerprint density at radius 1 is 0.633 bits per heavy atom. The minimum Gasteiger partial charge on any atom is -0.426 e. The van der Waals surface area contributed by atoms with Gasteiger partial charge in [-0.1, -0.05) is 24.3 Å². The molecule has 0 spiro atoms. The van der Waals surface area contributed by atoms with Crippen molar-refractivity contribution in [2.75, 3.05) is 26.2 Å². The molecule has 0 N–H and O–H groups in total. The van der Waals surface area contributed by atoms with Crippen LogP contribution in [0, 0.1) is 0 Å². The minimum atomic E-state index is -0.503. The third-order valence-corrected chi connectivity index (χ3v) is 4.60. The van der Waals surface area contributed by atoms with Crippen molar-refractivity contribution in [1.29, 1.82) is 0 Å². The Hall–Kier alpha value is -3.68. The van der Waals surface area contributed by atoms with Gasteiger partial charge in [-0.25, -0.2) is 0 Å². The molecule has 8 heteroatoms. The summed E-state index contributed by atoms with van der Waals surface area (Å²) in [5, 5.41) is 0. The van der Waals surface area contributed by atoms with Gasteiger partial charge in [0.2, 0.25) is 0 Å². The SMILES string of the molecule is CC(=O)Oc1ccccc1C(=O)N1CCN(C(=O)c2ccccc2OC(C)=O)CC1. The maximum atomic E-state index is 12.9. The van der Waals surface area contributed by atoms with E-state index in [4.69, 9.17) is 9.47 Å². The van der Waals surface area contributed by atoms with E-state index in [1.807, 2.05) is 0 Å². The van der Waals surface area contributed by atoms with Crippen LogP contribution in [0.4, 0.5) is 0 Å². The zero-order chi connectivity index (χ0) is 21.7. The second-order valence-corrected chi connectivity index (χ2v) is 6.76. The molecule has 2 amide bonds. The van der Waals surface area contributed by atoms with E-state index in [1.165, 1.54) is 13.8 Å². The summed E-state index contributed by atoms with van der Waals surface area (Å²) < 4.78 is 10.3. The van der Waals surface area contributed by atoms with Crippen LogP contribution in [0.25, 0.3) is 0 Å². The number of carbonyl (C=O) groups excluding carboxylic acids is 4. The molecule has 1 aliphatic heterocycles. The summed E-state index contributed by atoms with van der Waals surface area (Å²) in [6.45, 7) is 3.87. The van der Waals surface area contributed by atoms with Crippen LogP contribution in [0.1, 0.15) is 34.6 Å². The van der Waals surface area contributed by atoms with Gasteiger partial charge in [0.15, 0.2) is 0 Å². The predicted octanol–water partition coefficient (Wildman–Crippen LogP) is 2.14. The van der Waals surface area contributed by atoms with Crippen molar-refractivity contribution in [3.63, 3.8) is 0 Å². The number of carbonyl (C=O) groups is 4. The van der Waals surface area contributed by atoms with Crippen molar-refractivity contribution in [2.45, 2.75) is 13.8 Å². The van der Waals surface area contributed by atoms with Gasteiger partial charge >= 0.3 is 11.9 Å². The Morgan fingerprint density at radius 2 is 0.967 bits per heavy atom. The van der Waals surface area contributed by atoms with Crippen molar-refractivity contribution >= 4 is 23.8 Å². The molecule has 1 heterocycles. The largest absolute Gasteiger partial charge is 0.426 e. The van der Waals surface area contributed by atoms with E-state index in [2.05, 4.69) is 0 Å². The second-order valence-electron chi connectivity index (χ2n) is 6.76. The minimum absolute atomic E-state index is 0.212. The van der Waals surface area contributed by atoms with Gasteiger partial charge < -0.3 is 19.3 Å². The summed E-state index contributed by atoms with van der Waals surface area (Å²) in [6, 6.07) is 13.1. The molecule has 1 aliphatic rings. The summed E-state index contributed by atoms with van der Waals surface area (Å²) in [5.74, 6) is -1.11. The Morgan fingerprint density at radius 3 is 1.30 bits per heavy atom. The van der Waals surface area contributed by atoms with E-state index >= 15 is 0 Å². The lowest BCUT2D eigenvalue weighted by Gasteiger charge is -2.35. The molecular formula is C22H22N2O6. The third-order valence-electron chi connectivity index (χ3n) is 4.60. The molecule has 0 unspecified atom stereocenters. The summed E-state index contributed by atoms with van der Waals surface area (Å²) in [6.07, 6.45) is 0. The fraction of sp³-hybridized carbons (Fsp3) is 0.273. The van der Waals surface area contributed by atoms with Crippen LogP contribution >= 0.6 is 0 Å². The van der Waals surface area contributed by atoms with Crippen molar-refractivity contribution in [3.8, 4) is 11.5 Å². The van der Waals surface area contributed by atoms with Gasteiger partial charge in [0.05, 0.1) is 11.1 Å². The molecule has 8 nitrogen and oxygen atoms in total. The topological polar surface area (TPSA) is 93.2 Å². The number of nitrogens with zero attached hydrogens (tertiary/aromatic N) is 2. The summed E-state index contributed by atoms with van der Waals surface area (Å²) in [7, 11) is 0. The first-order valence-corrected chi connectivity index (χ1v) is 9.50. The van der Waals surface area contributed by atoms with Crippen LogP contribution in [0.5, 0.6) is 11.5 Å². The molecule has 0 saturated carbocycles. The van der Waals surface area contributed by atoms with Gasteiger partial charge in [-0.05, 0) is 24.3 Å². The number of amides is 2. The summed E-state index contributed by atoms with van der Waals surface area (Å²) >= 11 is 0. The maximum absolute atomic E-state index is 12.9. The van der Waals surface area contributed by atoms with E-state index in [0.717, 1.165) is 0 Å². The predicted molar refractivity (Wildman–Crippen MR) is 107 cm³/mol. The lowest BCUT2D eigenvalue weighted by Crippen LogP contribution is -2.50. The van der Waals surface area contributed by atoms with Gasteiger partial charge in [0.25, 0.3) is 11.8 Å². The highest BCUT2D eigenvalue weighted by atomic mass is 16.5. The van der Waals surface area contributed by atoms with Crippen LogP contribution < -0.4 is 9.47 Å². The first kappa shape index (κ1) is 21.0. The molecule has 0 atom stereocenters. The number of piperazine rings is 1. The van der Waals surface area contributed by atoms with E-state index in [-0.39, 0.29) is 23.3 Å². The van der Waals surface area contributed by atoms with Crippen molar-refractivity contribution in [1.82, 2.24) is 9.80 Å². The zero-order valence-electron chi connectivity index (χ0n) is 16.8. The normalized spacial score (nSPS) is 13.5. The van der Waals surface area contributed by atoms with Gasteiger partial charge in [-0.3, -0.25) is 19.2 Å². The number of para-hydroxylation sites is 2. The monoisotopic (exact) mass is 410 g/mol. The highest BCUT2D eigenvalue weighted by Crippen LogP contribution is 2.23. The molecule has 0 aliphatic carbocycles. The standard InChI is InChI=1S/C22H22N2O6/c1-15(25)29-19-9-5-3-7-17(19)21(27)23-11-13-24(14-12-23)22(28)18-8-4-6-10-20(18)30-16(2)26/h3-10H,11-14H2,1-2H3. The molecule has 156 valence electrons. The van der Waals surface area contributed by atoms with Gasteiger partial charge in [-0.2, -0.15) is 0 Å². The number of hydrogen-bond acceptors (Lipinski definition) is 6. The second kappa shape index (κ2) is 9.21. The number of esters is 2. The van der Waals surface area contributed by atoms with Crippen molar-refractivity contribution in [3.05, 3.63) is 59.7 Å². The molecule has 30 heavy (non-hydrogen) atoms. The summed E-state index contributed by atoms with van der Waals surface area (Å²) in [4.78, 5) is 51.6. The number of benzene rings is 2. The van der Waals surface area contributed by atoms with Gasteiger partial charge in [-0.15, -0.1) is 0 Å². The quantitative estimate of drug-likeness (QED) is 0.566. The van der Waals surface area contributed by atoms with Crippen LogP contribution in [-0.4, -0.2) is 59.7 Å². The van der Waals surface area contributed by atoms with Crippen LogP contribution in [0.15, 0.2) is 48.5 Å². The van der Waals surface area contributed by atoms with Crippen molar-refractivity contribution < 1.29 is 28.7 Å². The third kappa shape index (κ3) is 4.83.